The molecule has 2 aromatic rings. The maximum Gasteiger partial charge on any atom is 0.0704 e. The van der Waals surface area contributed by atoms with Gasteiger partial charge in [0.1, 0.15) is 0 Å². The molecule has 0 bridgehead atoms. The molecule has 1 aromatic carbocycles. The van der Waals surface area contributed by atoms with E-state index in [9.17, 15) is 0 Å². The molecule has 0 unspecified atom stereocenters. The third-order valence-corrected chi connectivity index (χ3v) is 2.88. The molecule has 0 aliphatic rings. The molecule has 2 rings (SSSR count). The van der Waals surface area contributed by atoms with Crippen molar-refractivity contribution >= 4 is 0 Å². The van der Waals surface area contributed by atoms with Gasteiger partial charge in [0.2, 0.25) is 0 Å². The summed E-state index contributed by atoms with van der Waals surface area (Å²) in [6.07, 6.45) is 3.54. The van der Waals surface area contributed by atoms with Crippen molar-refractivity contribution in [2.24, 2.45) is 0 Å². The van der Waals surface area contributed by atoms with Crippen LogP contribution in [0.1, 0.15) is 18.1 Å². The lowest BCUT2D eigenvalue weighted by Gasteiger charge is -2.04. The summed E-state index contributed by atoms with van der Waals surface area (Å²) in [5, 5.41) is 8.93. The van der Waals surface area contributed by atoms with Crippen molar-refractivity contribution in [3.8, 4) is 11.3 Å². The summed E-state index contributed by atoms with van der Waals surface area (Å²) >= 11 is 0. The first kappa shape index (κ1) is 11.8. The van der Waals surface area contributed by atoms with Crippen molar-refractivity contribution in [3.05, 3.63) is 53.7 Å². The maximum atomic E-state index is 8.93. The third-order valence-electron chi connectivity index (χ3n) is 2.88. The first-order valence-electron chi connectivity index (χ1n) is 5.98. The largest absolute Gasteiger partial charge is 0.396 e. The molecule has 88 valence electrons. The molecule has 17 heavy (non-hydrogen) atoms. The van der Waals surface area contributed by atoms with Gasteiger partial charge in [0.05, 0.1) is 5.69 Å². The van der Waals surface area contributed by atoms with E-state index in [4.69, 9.17) is 5.11 Å². The smallest absolute Gasteiger partial charge is 0.0704 e. The van der Waals surface area contributed by atoms with Crippen LogP contribution in [0.5, 0.6) is 0 Å². The predicted molar refractivity (Wildman–Crippen MR) is 69.8 cm³/mol. The van der Waals surface area contributed by atoms with Crippen LogP contribution in [0.15, 0.2) is 42.6 Å². The first-order chi connectivity index (χ1) is 8.33. The van der Waals surface area contributed by atoms with E-state index < -0.39 is 0 Å². The van der Waals surface area contributed by atoms with Crippen molar-refractivity contribution in [1.82, 2.24) is 4.98 Å². The van der Waals surface area contributed by atoms with E-state index in [0.29, 0.717) is 6.42 Å². The molecule has 0 saturated carbocycles. The second kappa shape index (κ2) is 5.60. The van der Waals surface area contributed by atoms with Crippen LogP contribution in [-0.2, 0) is 12.8 Å². The molecule has 0 fully saturated rings. The first-order valence-corrected chi connectivity index (χ1v) is 5.98. The van der Waals surface area contributed by atoms with Gasteiger partial charge in [-0.2, -0.15) is 0 Å². The van der Waals surface area contributed by atoms with E-state index in [0.717, 1.165) is 23.2 Å². The highest BCUT2D eigenvalue weighted by molar-refractivity contribution is 5.60. The van der Waals surface area contributed by atoms with Crippen LogP contribution in [0.3, 0.4) is 0 Å². The molecule has 0 saturated heterocycles. The lowest BCUT2D eigenvalue weighted by Crippen LogP contribution is -1.92. The Morgan fingerprint density at radius 1 is 1.06 bits per heavy atom. The number of pyridine rings is 1. The Kier molecular flexibility index (Phi) is 3.89. The minimum Gasteiger partial charge on any atom is -0.396 e. The van der Waals surface area contributed by atoms with E-state index in [1.165, 1.54) is 5.56 Å². The molecular formula is C15H17NO. The van der Waals surface area contributed by atoms with Gasteiger partial charge in [-0.05, 0) is 36.1 Å². The van der Waals surface area contributed by atoms with Crippen LogP contribution in [0.25, 0.3) is 11.3 Å². The van der Waals surface area contributed by atoms with Crippen molar-refractivity contribution in [3.63, 3.8) is 0 Å². The van der Waals surface area contributed by atoms with E-state index in [1.807, 2.05) is 12.1 Å². The zero-order valence-corrected chi connectivity index (χ0v) is 10.1. The Hall–Kier alpha value is -1.67. The van der Waals surface area contributed by atoms with Gasteiger partial charge in [0.15, 0.2) is 0 Å². The van der Waals surface area contributed by atoms with Crippen LogP contribution in [0.2, 0.25) is 0 Å². The van der Waals surface area contributed by atoms with Crippen LogP contribution < -0.4 is 0 Å². The van der Waals surface area contributed by atoms with Gasteiger partial charge in [-0.25, -0.2) is 0 Å². The fourth-order valence-corrected chi connectivity index (χ4v) is 1.83. The average Bonchev–Trinajstić information content (AvgIpc) is 2.40. The second-order valence-corrected chi connectivity index (χ2v) is 4.07. The van der Waals surface area contributed by atoms with Gasteiger partial charge < -0.3 is 5.11 Å². The normalized spacial score (nSPS) is 10.5. The highest BCUT2D eigenvalue weighted by atomic mass is 16.2. The monoisotopic (exact) mass is 227 g/mol. The van der Waals surface area contributed by atoms with Crippen LogP contribution in [0.4, 0.5) is 0 Å². The summed E-state index contributed by atoms with van der Waals surface area (Å²) in [7, 11) is 0. The number of rotatable bonds is 4. The van der Waals surface area contributed by atoms with Crippen molar-refractivity contribution in [2.45, 2.75) is 19.8 Å². The molecule has 1 aromatic heterocycles. The molecule has 0 radical (unpaired) electrons. The van der Waals surface area contributed by atoms with E-state index in [-0.39, 0.29) is 6.61 Å². The number of aliphatic hydroxyl groups is 1. The minimum atomic E-state index is 0.179. The third kappa shape index (κ3) is 2.92. The van der Waals surface area contributed by atoms with E-state index >= 15 is 0 Å². The number of benzene rings is 1. The average molecular weight is 227 g/mol. The molecule has 0 aliphatic carbocycles. The standard InChI is InChI=1S/C15H17NO/c1-2-12-3-5-14(6-4-12)15-11-13(8-10-17)7-9-16-15/h3-7,9,11,17H,2,8,10H2,1H3. The summed E-state index contributed by atoms with van der Waals surface area (Å²) in [4.78, 5) is 4.37. The highest BCUT2D eigenvalue weighted by Gasteiger charge is 2.00. The summed E-state index contributed by atoms with van der Waals surface area (Å²) in [5.41, 5.74) is 4.55. The highest BCUT2D eigenvalue weighted by Crippen LogP contribution is 2.18. The summed E-state index contributed by atoms with van der Waals surface area (Å²) in [6.45, 7) is 2.33. The Labute approximate surface area is 102 Å². The van der Waals surface area contributed by atoms with Gasteiger partial charge in [0.25, 0.3) is 0 Å². The fourth-order valence-electron chi connectivity index (χ4n) is 1.83. The van der Waals surface area contributed by atoms with Gasteiger partial charge in [0, 0.05) is 18.4 Å². The van der Waals surface area contributed by atoms with Gasteiger partial charge in [-0.15, -0.1) is 0 Å². The van der Waals surface area contributed by atoms with Gasteiger partial charge >= 0.3 is 0 Å². The lowest BCUT2D eigenvalue weighted by atomic mass is 10.1. The van der Waals surface area contributed by atoms with Crippen LogP contribution in [0, 0.1) is 0 Å². The van der Waals surface area contributed by atoms with Gasteiger partial charge in [-0.1, -0.05) is 31.2 Å². The van der Waals surface area contributed by atoms with E-state index in [2.05, 4.69) is 36.2 Å². The zero-order chi connectivity index (χ0) is 12.1. The van der Waals surface area contributed by atoms with Crippen molar-refractivity contribution < 1.29 is 5.11 Å². The number of hydrogen-bond donors (Lipinski definition) is 1. The number of aliphatic hydroxyl groups excluding tert-OH is 1. The van der Waals surface area contributed by atoms with Crippen molar-refractivity contribution in [2.75, 3.05) is 6.61 Å². The molecule has 2 nitrogen and oxygen atoms in total. The molecular weight excluding hydrogens is 210 g/mol. The minimum absolute atomic E-state index is 0.179. The molecule has 0 spiro atoms. The number of hydrogen-bond acceptors (Lipinski definition) is 2. The number of aryl methyl sites for hydroxylation is 1. The van der Waals surface area contributed by atoms with Crippen LogP contribution in [-0.4, -0.2) is 16.7 Å². The molecule has 0 amide bonds. The van der Waals surface area contributed by atoms with Crippen LogP contribution >= 0.6 is 0 Å². The lowest BCUT2D eigenvalue weighted by molar-refractivity contribution is 0.299. The van der Waals surface area contributed by atoms with Gasteiger partial charge in [-0.3, -0.25) is 4.98 Å². The summed E-state index contributed by atoms with van der Waals surface area (Å²) in [6, 6.07) is 12.5. The predicted octanol–water partition coefficient (Wildman–Crippen LogP) is 2.85. The molecule has 1 N–H and O–H groups in total. The second-order valence-electron chi connectivity index (χ2n) is 4.07. The summed E-state index contributed by atoms with van der Waals surface area (Å²) in [5.74, 6) is 0. The topological polar surface area (TPSA) is 33.1 Å². The molecule has 2 heteroatoms. The number of aromatic nitrogens is 1. The Bertz CT molecular complexity index is 477. The summed E-state index contributed by atoms with van der Waals surface area (Å²) < 4.78 is 0. The maximum absolute atomic E-state index is 8.93. The van der Waals surface area contributed by atoms with Crippen molar-refractivity contribution in [1.29, 1.82) is 0 Å². The Morgan fingerprint density at radius 2 is 1.82 bits per heavy atom. The number of nitrogens with zero attached hydrogens (tertiary/aromatic N) is 1. The van der Waals surface area contributed by atoms with E-state index in [1.54, 1.807) is 6.20 Å². The molecule has 1 heterocycles. The Morgan fingerprint density at radius 3 is 2.47 bits per heavy atom. The fraction of sp³-hybridized carbons (Fsp3) is 0.267. The zero-order valence-electron chi connectivity index (χ0n) is 10.1. The Balaban J connectivity index is 2.28. The SMILES string of the molecule is CCc1ccc(-c2cc(CCO)ccn2)cc1. The molecule has 0 atom stereocenters. The quantitative estimate of drug-likeness (QED) is 0.871. The molecule has 0 aliphatic heterocycles.